The minimum Gasteiger partial charge on any atom is -0.494 e. The molecule has 0 fully saturated rings. The van der Waals surface area contributed by atoms with Crippen molar-refractivity contribution >= 4 is 17.4 Å². The van der Waals surface area contributed by atoms with Gasteiger partial charge in [0, 0.05) is 22.8 Å². The monoisotopic (exact) mass is 301 g/mol. The SMILES string of the molecule is CCOc1ccc(N)cc1CSCc1cc(C)cc(C)c1. The predicted octanol–water partition coefficient (Wildman–Crippen LogP) is 4.72. The van der Waals surface area contributed by atoms with Crippen LogP contribution in [0.15, 0.2) is 36.4 Å². The van der Waals surface area contributed by atoms with Gasteiger partial charge in [-0.1, -0.05) is 29.3 Å². The van der Waals surface area contributed by atoms with Crippen LogP contribution in [0.3, 0.4) is 0 Å². The van der Waals surface area contributed by atoms with Crippen molar-refractivity contribution in [1.29, 1.82) is 0 Å². The Labute approximate surface area is 131 Å². The highest BCUT2D eigenvalue weighted by atomic mass is 32.2. The van der Waals surface area contributed by atoms with Gasteiger partial charge in [-0.2, -0.15) is 11.8 Å². The van der Waals surface area contributed by atoms with Gasteiger partial charge in [0.25, 0.3) is 0 Å². The quantitative estimate of drug-likeness (QED) is 0.784. The van der Waals surface area contributed by atoms with Crippen molar-refractivity contribution in [3.63, 3.8) is 0 Å². The molecule has 0 saturated carbocycles. The van der Waals surface area contributed by atoms with Gasteiger partial charge in [0.05, 0.1) is 6.61 Å². The summed E-state index contributed by atoms with van der Waals surface area (Å²) in [5, 5.41) is 0. The molecule has 0 unspecified atom stereocenters. The van der Waals surface area contributed by atoms with Crippen LogP contribution in [-0.4, -0.2) is 6.61 Å². The zero-order chi connectivity index (χ0) is 15.2. The second-order valence-corrected chi connectivity index (χ2v) is 6.27. The number of hydrogen-bond acceptors (Lipinski definition) is 3. The van der Waals surface area contributed by atoms with E-state index in [0.29, 0.717) is 6.61 Å². The van der Waals surface area contributed by atoms with E-state index < -0.39 is 0 Å². The number of thioether (sulfide) groups is 1. The lowest BCUT2D eigenvalue weighted by atomic mass is 10.1. The van der Waals surface area contributed by atoms with Gasteiger partial charge in [-0.05, 0) is 44.5 Å². The molecule has 0 atom stereocenters. The average molecular weight is 301 g/mol. The van der Waals surface area contributed by atoms with E-state index in [1.807, 2.05) is 36.9 Å². The lowest BCUT2D eigenvalue weighted by Crippen LogP contribution is -1.97. The van der Waals surface area contributed by atoms with Gasteiger partial charge in [0.1, 0.15) is 5.75 Å². The zero-order valence-electron chi connectivity index (χ0n) is 13.0. The van der Waals surface area contributed by atoms with Crippen LogP contribution in [0.4, 0.5) is 5.69 Å². The molecule has 0 bridgehead atoms. The van der Waals surface area contributed by atoms with Gasteiger partial charge in [-0.25, -0.2) is 0 Å². The number of ether oxygens (including phenoxy) is 1. The van der Waals surface area contributed by atoms with Crippen molar-refractivity contribution in [2.24, 2.45) is 0 Å². The largest absolute Gasteiger partial charge is 0.494 e. The van der Waals surface area contributed by atoms with Crippen molar-refractivity contribution in [3.8, 4) is 5.75 Å². The fourth-order valence-electron chi connectivity index (χ4n) is 2.44. The Morgan fingerprint density at radius 1 is 1.00 bits per heavy atom. The van der Waals surface area contributed by atoms with Crippen LogP contribution >= 0.6 is 11.8 Å². The fourth-order valence-corrected chi connectivity index (χ4v) is 3.39. The van der Waals surface area contributed by atoms with Gasteiger partial charge in [0.15, 0.2) is 0 Å². The highest BCUT2D eigenvalue weighted by molar-refractivity contribution is 7.97. The Kier molecular flexibility index (Phi) is 5.57. The van der Waals surface area contributed by atoms with E-state index >= 15 is 0 Å². The van der Waals surface area contributed by atoms with Crippen LogP contribution < -0.4 is 10.5 Å². The molecular weight excluding hydrogens is 278 g/mol. The molecular formula is C18H23NOS. The first kappa shape index (κ1) is 15.8. The topological polar surface area (TPSA) is 35.2 Å². The maximum atomic E-state index is 5.88. The Balaban J connectivity index is 2.01. The third-order valence-electron chi connectivity index (χ3n) is 3.19. The average Bonchev–Trinajstić information content (AvgIpc) is 2.41. The van der Waals surface area contributed by atoms with Gasteiger partial charge in [-0.3, -0.25) is 0 Å². The molecule has 0 aromatic heterocycles. The lowest BCUT2D eigenvalue weighted by molar-refractivity contribution is 0.337. The molecule has 0 aliphatic carbocycles. The molecule has 2 nitrogen and oxygen atoms in total. The van der Waals surface area contributed by atoms with Gasteiger partial charge < -0.3 is 10.5 Å². The molecule has 2 N–H and O–H groups in total. The third-order valence-corrected chi connectivity index (χ3v) is 4.24. The molecule has 0 aliphatic heterocycles. The van der Waals surface area contributed by atoms with E-state index in [9.17, 15) is 0 Å². The normalized spacial score (nSPS) is 10.6. The van der Waals surface area contributed by atoms with Gasteiger partial charge >= 0.3 is 0 Å². The Bertz CT molecular complexity index is 590. The molecule has 3 heteroatoms. The van der Waals surface area contributed by atoms with Crippen LogP contribution in [0.25, 0.3) is 0 Å². The fraction of sp³-hybridized carbons (Fsp3) is 0.333. The van der Waals surface area contributed by atoms with E-state index in [1.165, 1.54) is 22.3 Å². The van der Waals surface area contributed by atoms with Crippen LogP contribution in [0.2, 0.25) is 0 Å². The number of nitrogens with two attached hydrogens (primary N) is 1. The van der Waals surface area contributed by atoms with Crippen molar-refractivity contribution in [2.45, 2.75) is 32.3 Å². The molecule has 0 saturated heterocycles. The lowest BCUT2D eigenvalue weighted by Gasteiger charge is -2.11. The molecule has 0 heterocycles. The molecule has 2 aromatic rings. The van der Waals surface area contributed by atoms with E-state index in [0.717, 1.165) is 22.9 Å². The smallest absolute Gasteiger partial charge is 0.123 e. The van der Waals surface area contributed by atoms with Crippen LogP contribution in [0.5, 0.6) is 5.75 Å². The molecule has 2 rings (SSSR count). The summed E-state index contributed by atoms with van der Waals surface area (Å²) < 4.78 is 5.66. The maximum Gasteiger partial charge on any atom is 0.123 e. The summed E-state index contributed by atoms with van der Waals surface area (Å²) in [7, 11) is 0. The molecule has 0 spiro atoms. The first-order chi connectivity index (χ1) is 10.1. The molecule has 112 valence electrons. The van der Waals surface area contributed by atoms with Crippen molar-refractivity contribution in [2.75, 3.05) is 12.3 Å². The van der Waals surface area contributed by atoms with Crippen molar-refractivity contribution < 1.29 is 4.74 Å². The summed E-state index contributed by atoms with van der Waals surface area (Å²) in [5.41, 5.74) is 11.9. The number of anilines is 1. The van der Waals surface area contributed by atoms with Gasteiger partial charge in [0.2, 0.25) is 0 Å². The van der Waals surface area contributed by atoms with E-state index in [-0.39, 0.29) is 0 Å². The Hall–Kier alpha value is -1.61. The van der Waals surface area contributed by atoms with E-state index in [4.69, 9.17) is 10.5 Å². The summed E-state index contributed by atoms with van der Waals surface area (Å²) in [5.74, 6) is 2.86. The van der Waals surface area contributed by atoms with Gasteiger partial charge in [-0.15, -0.1) is 0 Å². The first-order valence-electron chi connectivity index (χ1n) is 7.24. The Morgan fingerprint density at radius 3 is 2.38 bits per heavy atom. The minimum absolute atomic E-state index is 0.679. The Morgan fingerprint density at radius 2 is 1.71 bits per heavy atom. The van der Waals surface area contributed by atoms with Crippen molar-refractivity contribution in [3.05, 3.63) is 58.7 Å². The molecule has 0 radical (unpaired) electrons. The second kappa shape index (κ2) is 7.41. The highest BCUT2D eigenvalue weighted by Gasteiger charge is 2.05. The number of nitrogen functional groups attached to an aromatic ring is 1. The standard InChI is InChI=1S/C18H23NOS/c1-4-20-18-6-5-17(19)10-16(18)12-21-11-15-8-13(2)7-14(3)9-15/h5-10H,4,11-12,19H2,1-3H3. The van der Waals surface area contributed by atoms with Crippen LogP contribution in [-0.2, 0) is 11.5 Å². The van der Waals surface area contributed by atoms with E-state index in [1.54, 1.807) is 0 Å². The minimum atomic E-state index is 0.679. The van der Waals surface area contributed by atoms with E-state index in [2.05, 4.69) is 32.0 Å². The third kappa shape index (κ3) is 4.71. The van der Waals surface area contributed by atoms with Crippen LogP contribution in [0.1, 0.15) is 29.2 Å². The first-order valence-corrected chi connectivity index (χ1v) is 8.40. The summed E-state index contributed by atoms with van der Waals surface area (Å²) in [6.45, 7) is 6.97. The maximum absolute atomic E-state index is 5.88. The number of benzene rings is 2. The summed E-state index contributed by atoms with van der Waals surface area (Å²) in [6, 6.07) is 12.6. The zero-order valence-corrected chi connectivity index (χ0v) is 13.8. The predicted molar refractivity (Wildman–Crippen MR) is 92.9 cm³/mol. The molecule has 21 heavy (non-hydrogen) atoms. The highest BCUT2D eigenvalue weighted by Crippen LogP contribution is 2.27. The van der Waals surface area contributed by atoms with Crippen LogP contribution in [0, 0.1) is 13.8 Å². The number of rotatable bonds is 6. The molecule has 2 aromatic carbocycles. The number of aryl methyl sites for hydroxylation is 2. The molecule has 0 amide bonds. The van der Waals surface area contributed by atoms with Crippen molar-refractivity contribution in [1.82, 2.24) is 0 Å². The second-order valence-electron chi connectivity index (χ2n) is 5.29. The summed E-state index contributed by atoms with van der Waals surface area (Å²) in [6.07, 6.45) is 0. The summed E-state index contributed by atoms with van der Waals surface area (Å²) in [4.78, 5) is 0. The summed E-state index contributed by atoms with van der Waals surface area (Å²) >= 11 is 1.89. The number of hydrogen-bond donors (Lipinski definition) is 1. The molecule has 0 aliphatic rings.